The Morgan fingerprint density at radius 2 is 1.89 bits per heavy atom. The van der Waals surface area contributed by atoms with Crippen LogP contribution in [0.5, 0.6) is 23.0 Å². The summed E-state index contributed by atoms with van der Waals surface area (Å²) < 4.78 is 27.5. The van der Waals surface area contributed by atoms with E-state index in [1.165, 1.54) is 20.4 Å². The molecule has 2 aromatic carbocycles. The summed E-state index contributed by atoms with van der Waals surface area (Å²) in [6.07, 6.45) is 1.50. The number of hydrazone groups is 1. The third kappa shape index (κ3) is 4.98. The number of benzene rings is 2. The van der Waals surface area contributed by atoms with Gasteiger partial charge in [-0.2, -0.15) is 5.10 Å². The molecular formula is C24H25N3O8. The Labute approximate surface area is 201 Å². The van der Waals surface area contributed by atoms with E-state index < -0.39 is 12.1 Å². The summed E-state index contributed by atoms with van der Waals surface area (Å²) in [5.41, 5.74) is 4.31. The van der Waals surface area contributed by atoms with Crippen LogP contribution in [0.3, 0.4) is 0 Å². The Hall–Kier alpha value is -4.28. The van der Waals surface area contributed by atoms with Gasteiger partial charge in [0.15, 0.2) is 17.2 Å². The molecule has 184 valence electrons. The van der Waals surface area contributed by atoms with E-state index in [1.807, 2.05) is 6.07 Å². The highest BCUT2D eigenvalue weighted by Crippen LogP contribution is 2.52. The fraction of sp³-hybridized carbons (Fsp3) is 0.333. The lowest BCUT2D eigenvalue weighted by molar-refractivity contribution is -0.135. The Morgan fingerprint density at radius 3 is 2.60 bits per heavy atom. The number of esters is 1. The second-order valence-corrected chi connectivity index (χ2v) is 7.48. The number of rotatable bonds is 9. The summed E-state index contributed by atoms with van der Waals surface area (Å²) in [5, 5.41) is 8.00. The van der Waals surface area contributed by atoms with Crippen LogP contribution in [0.25, 0.3) is 0 Å². The SMILES string of the molecule is CCOC(=O)C1=NO[C@H](Cc2c(/C=N/NC(=O)c3ccccc3)c3c(c(OC)c2OC)OCO3)C1. The van der Waals surface area contributed by atoms with Gasteiger partial charge in [-0.25, -0.2) is 10.2 Å². The molecule has 4 rings (SSSR count). The van der Waals surface area contributed by atoms with E-state index in [4.69, 9.17) is 28.5 Å². The van der Waals surface area contributed by atoms with Crippen molar-refractivity contribution in [2.75, 3.05) is 27.6 Å². The van der Waals surface area contributed by atoms with Crippen molar-refractivity contribution in [3.63, 3.8) is 0 Å². The van der Waals surface area contributed by atoms with Gasteiger partial charge in [0.2, 0.25) is 18.3 Å². The lowest BCUT2D eigenvalue weighted by atomic mass is 9.96. The normalized spacial score (nSPS) is 16.0. The van der Waals surface area contributed by atoms with Gasteiger partial charge in [0, 0.05) is 29.5 Å². The molecule has 0 bridgehead atoms. The van der Waals surface area contributed by atoms with E-state index in [2.05, 4.69) is 15.7 Å². The van der Waals surface area contributed by atoms with E-state index in [0.717, 1.165) is 0 Å². The molecular weight excluding hydrogens is 458 g/mol. The van der Waals surface area contributed by atoms with Crippen molar-refractivity contribution in [3.8, 4) is 23.0 Å². The van der Waals surface area contributed by atoms with Crippen molar-refractivity contribution >= 4 is 23.8 Å². The molecule has 0 saturated carbocycles. The molecule has 11 heteroatoms. The second kappa shape index (κ2) is 10.8. The number of methoxy groups -OCH3 is 2. The number of hydrogen-bond acceptors (Lipinski definition) is 10. The Morgan fingerprint density at radius 1 is 1.14 bits per heavy atom. The number of ether oxygens (including phenoxy) is 5. The molecule has 0 radical (unpaired) electrons. The first-order valence-corrected chi connectivity index (χ1v) is 10.9. The standard InChI is InChI=1S/C24H25N3O8/c1-4-32-24(29)18-11-15(35-27-18)10-16-17(12-25-26-23(28)14-8-6-5-7-9-14)20-22(34-13-33-20)21(31-3)19(16)30-2/h5-9,12,15H,4,10-11,13H2,1-3H3,(H,26,28)/b25-12+/t15-/m1/s1. The summed E-state index contributed by atoms with van der Waals surface area (Å²) in [4.78, 5) is 29.9. The molecule has 0 aliphatic carbocycles. The molecule has 1 amide bonds. The van der Waals surface area contributed by atoms with E-state index in [9.17, 15) is 9.59 Å². The number of fused-ring (bicyclic) bond motifs is 1. The van der Waals surface area contributed by atoms with Gasteiger partial charge in [0.25, 0.3) is 5.91 Å². The predicted molar refractivity (Wildman–Crippen MR) is 124 cm³/mol. The topological polar surface area (TPSA) is 126 Å². The van der Waals surface area contributed by atoms with E-state index >= 15 is 0 Å². The molecule has 1 atom stereocenters. The number of oxime groups is 1. The van der Waals surface area contributed by atoms with Crippen LogP contribution in [0.1, 0.15) is 34.8 Å². The van der Waals surface area contributed by atoms with Gasteiger partial charge in [0.05, 0.1) is 27.0 Å². The predicted octanol–water partition coefficient (Wildman–Crippen LogP) is 2.45. The number of nitrogens with one attached hydrogen (secondary N) is 1. The number of nitrogens with zero attached hydrogens (tertiary/aromatic N) is 2. The van der Waals surface area contributed by atoms with Crippen LogP contribution >= 0.6 is 0 Å². The monoisotopic (exact) mass is 483 g/mol. The molecule has 0 saturated heterocycles. The fourth-order valence-corrected chi connectivity index (χ4v) is 3.80. The Kier molecular flexibility index (Phi) is 7.34. The average molecular weight is 483 g/mol. The molecule has 35 heavy (non-hydrogen) atoms. The van der Waals surface area contributed by atoms with Crippen molar-refractivity contribution in [1.29, 1.82) is 0 Å². The smallest absolute Gasteiger partial charge is 0.356 e. The first-order chi connectivity index (χ1) is 17.1. The number of amides is 1. The van der Waals surface area contributed by atoms with Crippen molar-refractivity contribution in [2.45, 2.75) is 25.9 Å². The highest BCUT2D eigenvalue weighted by atomic mass is 16.7. The van der Waals surface area contributed by atoms with E-state index in [-0.39, 0.29) is 37.9 Å². The van der Waals surface area contributed by atoms with E-state index in [0.29, 0.717) is 39.7 Å². The van der Waals surface area contributed by atoms with Crippen LogP contribution in [0.2, 0.25) is 0 Å². The van der Waals surface area contributed by atoms with Gasteiger partial charge in [-0.15, -0.1) is 0 Å². The number of hydrogen-bond donors (Lipinski definition) is 1. The molecule has 11 nitrogen and oxygen atoms in total. The van der Waals surface area contributed by atoms with Crippen molar-refractivity contribution < 1.29 is 38.1 Å². The quantitative estimate of drug-likeness (QED) is 0.327. The van der Waals surface area contributed by atoms with E-state index in [1.54, 1.807) is 31.2 Å². The minimum atomic E-state index is -0.518. The van der Waals surface area contributed by atoms with Crippen molar-refractivity contribution in [3.05, 3.63) is 47.0 Å². The second-order valence-electron chi connectivity index (χ2n) is 7.48. The maximum Gasteiger partial charge on any atom is 0.356 e. The zero-order valence-corrected chi connectivity index (χ0v) is 19.5. The summed E-state index contributed by atoms with van der Waals surface area (Å²) in [6.45, 7) is 1.94. The van der Waals surface area contributed by atoms with Crippen LogP contribution in [0, 0.1) is 0 Å². The highest BCUT2D eigenvalue weighted by Gasteiger charge is 2.34. The van der Waals surface area contributed by atoms with Gasteiger partial charge in [-0.05, 0) is 19.1 Å². The number of carbonyl (C=O) groups is 2. The van der Waals surface area contributed by atoms with Crippen LogP contribution in [-0.4, -0.2) is 57.5 Å². The minimum absolute atomic E-state index is 0.0223. The largest absolute Gasteiger partial charge is 0.492 e. The lowest BCUT2D eigenvalue weighted by Gasteiger charge is -2.19. The van der Waals surface area contributed by atoms with Crippen LogP contribution < -0.4 is 24.4 Å². The molecule has 2 aliphatic heterocycles. The first-order valence-electron chi connectivity index (χ1n) is 10.9. The maximum atomic E-state index is 12.4. The van der Waals surface area contributed by atoms with Gasteiger partial charge in [0.1, 0.15) is 6.10 Å². The maximum absolute atomic E-state index is 12.4. The minimum Gasteiger partial charge on any atom is -0.492 e. The molecule has 0 spiro atoms. The molecule has 2 heterocycles. The first kappa shape index (κ1) is 23.9. The van der Waals surface area contributed by atoms with Gasteiger partial charge in [-0.1, -0.05) is 23.4 Å². The molecule has 1 N–H and O–H groups in total. The van der Waals surface area contributed by atoms with Gasteiger partial charge < -0.3 is 28.5 Å². The Balaban J connectivity index is 1.64. The lowest BCUT2D eigenvalue weighted by Crippen LogP contribution is -2.20. The fourth-order valence-electron chi connectivity index (χ4n) is 3.80. The van der Waals surface area contributed by atoms with Crippen LogP contribution in [0.4, 0.5) is 0 Å². The van der Waals surface area contributed by atoms with Gasteiger partial charge in [-0.3, -0.25) is 4.79 Å². The summed E-state index contributed by atoms with van der Waals surface area (Å²) in [6, 6.07) is 8.70. The van der Waals surface area contributed by atoms with Crippen molar-refractivity contribution in [2.24, 2.45) is 10.3 Å². The van der Waals surface area contributed by atoms with Crippen LogP contribution in [-0.2, 0) is 20.8 Å². The Bertz CT molecular complexity index is 1160. The number of carbonyl (C=O) groups excluding carboxylic acids is 2. The summed E-state index contributed by atoms with van der Waals surface area (Å²) in [5.74, 6) is 0.602. The summed E-state index contributed by atoms with van der Waals surface area (Å²) >= 11 is 0. The van der Waals surface area contributed by atoms with Crippen LogP contribution in [0.15, 0.2) is 40.6 Å². The third-order valence-corrected chi connectivity index (χ3v) is 5.35. The van der Waals surface area contributed by atoms with Gasteiger partial charge >= 0.3 is 5.97 Å². The zero-order chi connectivity index (χ0) is 24.8. The molecule has 0 aromatic heterocycles. The highest BCUT2D eigenvalue weighted by molar-refractivity contribution is 6.36. The molecule has 0 unspecified atom stereocenters. The average Bonchev–Trinajstić information content (AvgIpc) is 3.55. The molecule has 2 aliphatic rings. The summed E-state index contributed by atoms with van der Waals surface area (Å²) in [7, 11) is 2.99. The molecule has 0 fully saturated rings. The molecule has 2 aromatic rings. The zero-order valence-electron chi connectivity index (χ0n) is 19.5. The van der Waals surface area contributed by atoms with Crippen molar-refractivity contribution in [1.82, 2.24) is 5.43 Å². The third-order valence-electron chi connectivity index (χ3n) is 5.35.